The van der Waals surface area contributed by atoms with Gasteiger partial charge < -0.3 is 9.84 Å². The number of rotatable bonds is 7. The molecule has 0 heterocycles. The molecule has 2 aromatic carbocycles. The molecule has 0 radical (unpaired) electrons. The minimum atomic E-state index is 0.0446. The molecule has 0 saturated carbocycles. The first-order valence-electron chi connectivity index (χ1n) is 8.21. The van der Waals surface area contributed by atoms with Gasteiger partial charge in [-0.1, -0.05) is 56.7 Å². The van der Waals surface area contributed by atoms with Gasteiger partial charge in [-0.25, -0.2) is 0 Å². The fraction of sp³-hybridized carbons (Fsp3) is 0.286. The largest absolute Gasteiger partial charge is 0.513 e. The molecule has 24 heavy (non-hydrogen) atoms. The number of aliphatic hydroxyl groups is 1. The van der Waals surface area contributed by atoms with Crippen molar-refractivity contribution in [1.29, 1.82) is 0 Å². The van der Waals surface area contributed by atoms with Crippen LogP contribution in [0, 0.1) is 0 Å². The van der Waals surface area contributed by atoms with Gasteiger partial charge in [-0.15, -0.1) is 0 Å². The van der Waals surface area contributed by atoms with Crippen molar-refractivity contribution in [3.63, 3.8) is 0 Å². The number of carbonyl (C=O) groups is 1. The Hall–Kier alpha value is -2.55. The predicted molar refractivity (Wildman–Crippen MR) is 98.8 cm³/mol. The maximum atomic E-state index is 12.2. The molecule has 1 N–H and O–H groups in total. The van der Waals surface area contributed by atoms with Crippen LogP contribution < -0.4 is 4.74 Å². The lowest BCUT2D eigenvalue weighted by Gasteiger charge is -2.06. The standard InChI is InChI=1S/C18H20O2.C3H6O/c1-2-3-7-14-20-17-12-10-16(11-13-17)18(19)15-8-5-4-6-9-15;1-3(2)4/h4-6,8-13H,2-3,7,14H2,1H3;4H,1H2,2H3. The van der Waals surface area contributed by atoms with Gasteiger partial charge in [0.05, 0.1) is 12.4 Å². The molecule has 0 bridgehead atoms. The lowest BCUT2D eigenvalue weighted by molar-refractivity contribution is 0.103. The molecule has 128 valence electrons. The molecule has 2 rings (SSSR count). The lowest BCUT2D eigenvalue weighted by Crippen LogP contribution is -2.01. The van der Waals surface area contributed by atoms with E-state index >= 15 is 0 Å². The van der Waals surface area contributed by atoms with Crippen molar-refractivity contribution < 1.29 is 14.6 Å². The molecule has 0 unspecified atom stereocenters. The molecule has 0 saturated heterocycles. The van der Waals surface area contributed by atoms with Crippen LogP contribution in [0.2, 0.25) is 0 Å². The summed E-state index contributed by atoms with van der Waals surface area (Å²) in [5, 5.41) is 7.86. The summed E-state index contributed by atoms with van der Waals surface area (Å²) in [6.45, 7) is 7.55. The average molecular weight is 326 g/mol. The van der Waals surface area contributed by atoms with Crippen molar-refractivity contribution in [3.8, 4) is 5.75 Å². The van der Waals surface area contributed by atoms with E-state index in [1.54, 1.807) is 0 Å². The normalized spacial score (nSPS) is 9.58. The van der Waals surface area contributed by atoms with E-state index in [1.165, 1.54) is 19.8 Å². The van der Waals surface area contributed by atoms with Crippen LogP contribution in [0.4, 0.5) is 0 Å². The number of benzene rings is 2. The molecule has 0 spiro atoms. The SMILES string of the molecule is C=C(C)O.CCCCCOc1ccc(C(=O)c2ccccc2)cc1. The maximum absolute atomic E-state index is 12.2. The van der Waals surface area contributed by atoms with Gasteiger partial charge in [0, 0.05) is 11.1 Å². The van der Waals surface area contributed by atoms with Crippen molar-refractivity contribution >= 4 is 5.78 Å². The molecule has 3 heteroatoms. The van der Waals surface area contributed by atoms with Gasteiger partial charge in [-0.05, 0) is 37.6 Å². The number of aliphatic hydroxyl groups excluding tert-OH is 1. The molecule has 3 nitrogen and oxygen atoms in total. The highest BCUT2D eigenvalue weighted by atomic mass is 16.5. The smallest absolute Gasteiger partial charge is 0.193 e. The van der Waals surface area contributed by atoms with E-state index in [1.807, 2.05) is 54.6 Å². The molecule has 0 aliphatic rings. The number of hydrogen-bond acceptors (Lipinski definition) is 3. The summed E-state index contributed by atoms with van der Waals surface area (Å²) in [6.07, 6.45) is 3.44. The van der Waals surface area contributed by atoms with Crippen LogP contribution in [0.5, 0.6) is 5.75 Å². The zero-order chi connectivity index (χ0) is 17.8. The molecule has 0 aliphatic carbocycles. The first-order valence-corrected chi connectivity index (χ1v) is 8.21. The van der Waals surface area contributed by atoms with Crippen molar-refractivity contribution in [2.24, 2.45) is 0 Å². The molecular weight excluding hydrogens is 300 g/mol. The Bertz CT molecular complexity index is 611. The minimum absolute atomic E-state index is 0.0446. The maximum Gasteiger partial charge on any atom is 0.193 e. The molecule has 0 aromatic heterocycles. The number of hydrogen-bond donors (Lipinski definition) is 1. The number of carbonyl (C=O) groups excluding carboxylic acids is 1. The first-order chi connectivity index (χ1) is 11.5. The van der Waals surface area contributed by atoms with Crippen molar-refractivity contribution in [2.75, 3.05) is 6.61 Å². The van der Waals surface area contributed by atoms with E-state index in [0.29, 0.717) is 11.1 Å². The Labute approximate surface area is 144 Å². The van der Waals surface area contributed by atoms with Crippen LogP contribution in [-0.2, 0) is 0 Å². The van der Waals surface area contributed by atoms with Crippen LogP contribution in [0.15, 0.2) is 66.9 Å². The van der Waals surface area contributed by atoms with Gasteiger partial charge in [0.1, 0.15) is 5.75 Å². The number of allylic oxidation sites excluding steroid dienone is 1. The van der Waals surface area contributed by atoms with E-state index in [0.717, 1.165) is 18.8 Å². The zero-order valence-electron chi connectivity index (χ0n) is 14.5. The fourth-order valence-electron chi connectivity index (χ4n) is 2.00. The zero-order valence-corrected chi connectivity index (χ0v) is 14.5. The van der Waals surface area contributed by atoms with Gasteiger partial charge in [0.2, 0.25) is 0 Å². The fourth-order valence-corrected chi connectivity index (χ4v) is 2.00. The lowest BCUT2D eigenvalue weighted by atomic mass is 10.0. The van der Waals surface area contributed by atoms with Crippen LogP contribution in [-0.4, -0.2) is 17.5 Å². The molecule has 0 atom stereocenters. The van der Waals surface area contributed by atoms with Crippen LogP contribution in [0.25, 0.3) is 0 Å². The first kappa shape index (κ1) is 19.5. The number of ether oxygens (including phenoxy) is 1. The van der Waals surface area contributed by atoms with Crippen molar-refractivity contribution in [3.05, 3.63) is 78.1 Å². The Morgan fingerprint density at radius 2 is 1.54 bits per heavy atom. The number of ketones is 1. The highest BCUT2D eigenvalue weighted by Crippen LogP contribution is 2.16. The topological polar surface area (TPSA) is 46.5 Å². The summed E-state index contributed by atoms with van der Waals surface area (Å²) in [4.78, 5) is 12.2. The monoisotopic (exact) mass is 326 g/mol. The summed E-state index contributed by atoms with van der Waals surface area (Å²) >= 11 is 0. The third-order valence-electron chi connectivity index (χ3n) is 3.17. The Kier molecular flexibility index (Phi) is 8.98. The van der Waals surface area contributed by atoms with Crippen molar-refractivity contribution in [2.45, 2.75) is 33.1 Å². The Balaban J connectivity index is 0.000000648. The molecule has 0 fully saturated rings. The van der Waals surface area contributed by atoms with Crippen LogP contribution in [0.3, 0.4) is 0 Å². The molecule has 0 aliphatic heterocycles. The van der Waals surface area contributed by atoms with Gasteiger partial charge in [0.15, 0.2) is 5.78 Å². The van der Waals surface area contributed by atoms with E-state index < -0.39 is 0 Å². The summed E-state index contributed by atoms with van der Waals surface area (Å²) in [5.41, 5.74) is 1.40. The average Bonchev–Trinajstić information content (AvgIpc) is 2.59. The molecule has 2 aromatic rings. The van der Waals surface area contributed by atoms with Gasteiger partial charge in [0.25, 0.3) is 0 Å². The predicted octanol–water partition coefficient (Wildman–Crippen LogP) is 5.56. The summed E-state index contributed by atoms with van der Waals surface area (Å²) in [7, 11) is 0. The third-order valence-corrected chi connectivity index (χ3v) is 3.17. The second-order valence-corrected chi connectivity index (χ2v) is 5.51. The molecular formula is C21H26O3. The minimum Gasteiger partial charge on any atom is -0.513 e. The van der Waals surface area contributed by atoms with E-state index in [4.69, 9.17) is 9.84 Å². The van der Waals surface area contributed by atoms with E-state index in [9.17, 15) is 4.79 Å². The third kappa shape index (κ3) is 7.63. The quantitative estimate of drug-likeness (QED) is 0.411. The molecule has 0 amide bonds. The summed E-state index contributed by atoms with van der Waals surface area (Å²) < 4.78 is 5.64. The van der Waals surface area contributed by atoms with Gasteiger partial charge in [-0.2, -0.15) is 0 Å². The van der Waals surface area contributed by atoms with Crippen LogP contribution >= 0.6 is 0 Å². The second kappa shape index (κ2) is 11.1. The highest BCUT2D eigenvalue weighted by Gasteiger charge is 2.08. The van der Waals surface area contributed by atoms with E-state index in [2.05, 4.69) is 13.5 Å². The van der Waals surface area contributed by atoms with Crippen molar-refractivity contribution in [1.82, 2.24) is 0 Å². The summed E-state index contributed by atoms with van der Waals surface area (Å²) in [6, 6.07) is 16.7. The Morgan fingerprint density at radius 1 is 1.00 bits per heavy atom. The van der Waals surface area contributed by atoms with Gasteiger partial charge >= 0.3 is 0 Å². The Morgan fingerprint density at radius 3 is 2.08 bits per heavy atom. The van der Waals surface area contributed by atoms with Gasteiger partial charge in [-0.3, -0.25) is 4.79 Å². The summed E-state index contributed by atoms with van der Waals surface area (Å²) in [5.74, 6) is 1.04. The van der Waals surface area contributed by atoms with Crippen LogP contribution in [0.1, 0.15) is 49.0 Å². The highest BCUT2D eigenvalue weighted by molar-refractivity contribution is 6.08. The number of unbranched alkanes of at least 4 members (excludes halogenated alkanes) is 2. The van der Waals surface area contributed by atoms with E-state index in [-0.39, 0.29) is 11.5 Å². The second-order valence-electron chi connectivity index (χ2n) is 5.51.